The smallest absolute Gasteiger partial charge is 0.264 e. The van der Waals surface area contributed by atoms with Crippen LogP contribution >= 0.6 is 15.9 Å². The first-order valence-electron chi connectivity index (χ1n) is 8.67. The van der Waals surface area contributed by atoms with E-state index < -0.39 is 28.3 Å². The molecule has 3 rings (SSSR count). The Morgan fingerprint density at radius 1 is 1.03 bits per heavy atom. The lowest BCUT2D eigenvalue weighted by atomic mass is 10.2. The van der Waals surface area contributed by atoms with Crippen LogP contribution in [0.15, 0.2) is 82.2 Å². The van der Waals surface area contributed by atoms with E-state index in [-0.39, 0.29) is 10.6 Å². The molecule has 0 aliphatic carbocycles. The maximum Gasteiger partial charge on any atom is 0.264 e. The number of anilines is 2. The Balaban J connectivity index is 1.96. The van der Waals surface area contributed by atoms with E-state index in [1.54, 1.807) is 36.4 Å². The first-order valence-corrected chi connectivity index (χ1v) is 10.9. The Morgan fingerprint density at radius 2 is 1.72 bits per heavy atom. The Kier molecular flexibility index (Phi) is 6.34. The van der Waals surface area contributed by atoms with E-state index in [1.165, 1.54) is 30.3 Å². The van der Waals surface area contributed by atoms with Crippen LogP contribution in [0.1, 0.15) is 5.56 Å². The third kappa shape index (κ3) is 5.02. The topological polar surface area (TPSA) is 66.5 Å². The predicted octanol–water partition coefficient (Wildman–Crippen LogP) is 4.73. The zero-order chi connectivity index (χ0) is 21.0. The second-order valence-corrected chi connectivity index (χ2v) is 9.11. The van der Waals surface area contributed by atoms with Crippen molar-refractivity contribution in [1.29, 1.82) is 0 Å². The molecule has 1 N–H and O–H groups in total. The van der Waals surface area contributed by atoms with E-state index in [1.807, 2.05) is 6.92 Å². The molecule has 8 heteroatoms. The van der Waals surface area contributed by atoms with Crippen molar-refractivity contribution in [2.75, 3.05) is 16.2 Å². The van der Waals surface area contributed by atoms with Crippen LogP contribution in [0.4, 0.5) is 15.8 Å². The van der Waals surface area contributed by atoms with Gasteiger partial charge in [-0.15, -0.1) is 0 Å². The molecule has 0 heterocycles. The fourth-order valence-electron chi connectivity index (χ4n) is 2.69. The first kappa shape index (κ1) is 21.0. The minimum Gasteiger partial charge on any atom is -0.324 e. The Hall–Kier alpha value is -2.71. The van der Waals surface area contributed by atoms with Crippen molar-refractivity contribution in [3.8, 4) is 0 Å². The lowest BCUT2D eigenvalue weighted by molar-refractivity contribution is -0.114. The van der Waals surface area contributed by atoms with Gasteiger partial charge in [-0.1, -0.05) is 51.8 Å². The number of hydrogen-bond donors (Lipinski definition) is 1. The molecule has 0 aromatic heterocycles. The summed E-state index contributed by atoms with van der Waals surface area (Å²) < 4.78 is 42.4. The first-order chi connectivity index (χ1) is 13.8. The monoisotopic (exact) mass is 476 g/mol. The summed E-state index contributed by atoms with van der Waals surface area (Å²) in [6.07, 6.45) is 0. The number of amides is 1. The second-order valence-electron chi connectivity index (χ2n) is 6.33. The lowest BCUT2D eigenvalue weighted by Gasteiger charge is -2.24. The molecule has 0 radical (unpaired) electrons. The van der Waals surface area contributed by atoms with Gasteiger partial charge >= 0.3 is 0 Å². The number of nitrogens with one attached hydrogen (secondary N) is 1. The molecule has 0 fully saturated rings. The number of aryl methyl sites for hydroxylation is 1. The third-order valence-corrected chi connectivity index (χ3v) is 6.39. The van der Waals surface area contributed by atoms with E-state index >= 15 is 0 Å². The van der Waals surface area contributed by atoms with Crippen LogP contribution in [-0.4, -0.2) is 20.9 Å². The highest BCUT2D eigenvalue weighted by Gasteiger charge is 2.29. The highest BCUT2D eigenvalue weighted by atomic mass is 79.9. The van der Waals surface area contributed by atoms with Gasteiger partial charge in [0.05, 0.1) is 10.6 Å². The molecule has 0 aliphatic heterocycles. The minimum absolute atomic E-state index is 0.0263. The molecule has 5 nitrogen and oxygen atoms in total. The summed E-state index contributed by atoms with van der Waals surface area (Å²) in [4.78, 5) is 12.6. The Bertz CT molecular complexity index is 1130. The standard InChI is InChI=1S/C21H18BrFN2O3S/c1-15-9-11-18(12-10-15)29(27,28)25(20-8-3-2-7-19(20)23)14-21(26)24-17-6-4-5-16(22)13-17/h2-13H,14H2,1H3,(H,24,26). The molecule has 1 amide bonds. The van der Waals surface area contributed by atoms with Gasteiger partial charge in [-0.3, -0.25) is 9.10 Å². The average Bonchev–Trinajstić information content (AvgIpc) is 2.67. The highest BCUT2D eigenvalue weighted by molar-refractivity contribution is 9.10. The van der Waals surface area contributed by atoms with Gasteiger partial charge in [0.2, 0.25) is 5.91 Å². The number of nitrogens with zero attached hydrogens (tertiary/aromatic N) is 1. The van der Waals surface area contributed by atoms with Crippen LogP contribution in [0, 0.1) is 12.7 Å². The van der Waals surface area contributed by atoms with E-state index in [4.69, 9.17) is 0 Å². The summed E-state index contributed by atoms with van der Waals surface area (Å²) in [5.74, 6) is -1.33. The highest BCUT2D eigenvalue weighted by Crippen LogP contribution is 2.26. The van der Waals surface area contributed by atoms with Gasteiger partial charge in [0, 0.05) is 10.2 Å². The summed E-state index contributed by atoms with van der Waals surface area (Å²) >= 11 is 3.31. The van der Waals surface area contributed by atoms with Crippen LogP contribution in [0.3, 0.4) is 0 Å². The summed E-state index contributed by atoms with van der Waals surface area (Å²) in [6, 6.07) is 18.5. The number of sulfonamides is 1. The fraction of sp³-hybridized carbons (Fsp3) is 0.0952. The van der Waals surface area contributed by atoms with Gasteiger partial charge in [-0.2, -0.15) is 0 Å². The normalized spacial score (nSPS) is 11.1. The van der Waals surface area contributed by atoms with Crippen molar-refractivity contribution in [1.82, 2.24) is 0 Å². The number of benzene rings is 3. The molecule has 0 bridgehead atoms. The maximum absolute atomic E-state index is 14.4. The van der Waals surface area contributed by atoms with Crippen LogP contribution in [0.25, 0.3) is 0 Å². The van der Waals surface area contributed by atoms with Crippen molar-refractivity contribution in [3.63, 3.8) is 0 Å². The largest absolute Gasteiger partial charge is 0.324 e. The third-order valence-electron chi connectivity index (χ3n) is 4.13. The number of rotatable bonds is 6. The molecular formula is C21H18BrFN2O3S. The van der Waals surface area contributed by atoms with E-state index in [2.05, 4.69) is 21.2 Å². The van der Waals surface area contributed by atoms with Crippen molar-refractivity contribution in [3.05, 3.63) is 88.6 Å². The quantitative estimate of drug-likeness (QED) is 0.558. The molecule has 0 saturated carbocycles. The van der Waals surface area contributed by atoms with Crippen molar-refractivity contribution in [2.24, 2.45) is 0 Å². The molecule has 0 aliphatic rings. The van der Waals surface area contributed by atoms with Gasteiger partial charge < -0.3 is 5.32 Å². The van der Waals surface area contributed by atoms with Gasteiger partial charge in [-0.05, 0) is 49.4 Å². The zero-order valence-electron chi connectivity index (χ0n) is 15.5. The molecule has 0 unspecified atom stereocenters. The number of halogens is 2. The van der Waals surface area contributed by atoms with Crippen LogP contribution < -0.4 is 9.62 Å². The number of hydrogen-bond acceptors (Lipinski definition) is 3. The van der Waals surface area contributed by atoms with Gasteiger partial charge in [0.15, 0.2) is 0 Å². The summed E-state index contributed by atoms with van der Waals surface area (Å²) in [7, 11) is -4.17. The fourth-order valence-corrected chi connectivity index (χ4v) is 4.52. The predicted molar refractivity (Wildman–Crippen MR) is 115 cm³/mol. The molecule has 0 saturated heterocycles. The van der Waals surface area contributed by atoms with E-state index in [0.717, 1.165) is 20.4 Å². The zero-order valence-corrected chi connectivity index (χ0v) is 17.9. The van der Waals surface area contributed by atoms with E-state index in [9.17, 15) is 17.6 Å². The Labute approximate surface area is 177 Å². The van der Waals surface area contributed by atoms with Gasteiger partial charge in [0.25, 0.3) is 10.0 Å². The van der Waals surface area contributed by atoms with Crippen LogP contribution in [0.2, 0.25) is 0 Å². The number of carbonyl (C=O) groups excluding carboxylic acids is 1. The number of carbonyl (C=O) groups is 1. The second kappa shape index (κ2) is 8.75. The molecule has 3 aromatic carbocycles. The molecule has 29 heavy (non-hydrogen) atoms. The molecule has 0 spiro atoms. The van der Waals surface area contributed by atoms with Crippen molar-refractivity contribution in [2.45, 2.75) is 11.8 Å². The molecule has 0 atom stereocenters. The SMILES string of the molecule is Cc1ccc(S(=O)(=O)N(CC(=O)Nc2cccc(Br)c2)c2ccccc2F)cc1. The van der Waals surface area contributed by atoms with Crippen molar-refractivity contribution >= 4 is 43.2 Å². The summed E-state index contributed by atoms with van der Waals surface area (Å²) in [5.41, 5.74) is 1.18. The summed E-state index contributed by atoms with van der Waals surface area (Å²) in [5, 5.41) is 2.64. The molecular weight excluding hydrogens is 459 g/mol. The Morgan fingerprint density at radius 3 is 2.38 bits per heavy atom. The average molecular weight is 477 g/mol. The van der Waals surface area contributed by atoms with Crippen LogP contribution in [0.5, 0.6) is 0 Å². The maximum atomic E-state index is 14.4. The molecule has 3 aromatic rings. The lowest BCUT2D eigenvalue weighted by Crippen LogP contribution is -2.38. The van der Waals surface area contributed by atoms with E-state index in [0.29, 0.717) is 5.69 Å². The van der Waals surface area contributed by atoms with Crippen molar-refractivity contribution < 1.29 is 17.6 Å². The molecule has 150 valence electrons. The summed E-state index contributed by atoms with van der Waals surface area (Å²) in [6.45, 7) is 1.25. The minimum atomic E-state index is -4.17. The van der Waals surface area contributed by atoms with Crippen LogP contribution in [-0.2, 0) is 14.8 Å². The van der Waals surface area contributed by atoms with Gasteiger partial charge in [-0.25, -0.2) is 12.8 Å². The van der Waals surface area contributed by atoms with Gasteiger partial charge in [0.1, 0.15) is 12.4 Å². The number of para-hydroxylation sites is 1.